The molecular formula is C25H28ClN5OS. The van der Waals surface area contributed by atoms with Crippen molar-refractivity contribution in [1.82, 2.24) is 25.1 Å². The molecule has 0 aliphatic rings. The number of ether oxygens (including phenoxy) is 1. The zero-order valence-corrected chi connectivity index (χ0v) is 20.8. The molecule has 0 N–H and O–H groups in total. The van der Waals surface area contributed by atoms with Crippen molar-refractivity contribution in [2.45, 2.75) is 45.4 Å². The van der Waals surface area contributed by atoms with Crippen molar-refractivity contribution < 1.29 is 4.74 Å². The van der Waals surface area contributed by atoms with Crippen molar-refractivity contribution in [3.8, 4) is 5.75 Å². The van der Waals surface area contributed by atoms with E-state index in [1.54, 1.807) is 18.4 Å². The number of hydrogen-bond donors (Lipinski definition) is 0. The van der Waals surface area contributed by atoms with E-state index in [2.05, 4.69) is 76.9 Å². The monoisotopic (exact) mass is 481 g/mol. The molecule has 8 heteroatoms. The van der Waals surface area contributed by atoms with Gasteiger partial charge in [-0.1, -0.05) is 48.0 Å². The predicted molar refractivity (Wildman–Crippen MR) is 133 cm³/mol. The van der Waals surface area contributed by atoms with E-state index in [0.29, 0.717) is 13.1 Å². The van der Waals surface area contributed by atoms with Crippen molar-refractivity contribution in [2.24, 2.45) is 0 Å². The smallest absolute Gasteiger partial charge is 0.174 e. The molecular weight excluding hydrogens is 454 g/mol. The summed E-state index contributed by atoms with van der Waals surface area (Å²) in [6, 6.07) is 20.2. The van der Waals surface area contributed by atoms with Crippen LogP contribution >= 0.6 is 22.9 Å². The Morgan fingerprint density at radius 2 is 1.79 bits per heavy atom. The maximum absolute atomic E-state index is 6.58. The van der Waals surface area contributed by atoms with Gasteiger partial charge < -0.3 is 4.74 Å². The molecule has 6 nitrogen and oxygen atoms in total. The highest BCUT2D eigenvalue weighted by Gasteiger charge is 2.32. The number of methoxy groups -OCH3 is 1. The molecule has 2 aromatic heterocycles. The fraction of sp³-hybridized carbons (Fsp3) is 0.320. The Hall–Kier alpha value is -2.74. The first kappa shape index (κ1) is 23.4. The molecule has 1 atom stereocenters. The van der Waals surface area contributed by atoms with Crippen molar-refractivity contribution >= 4 is 22.9 Å². The summed E-state index contributed by atoms with van der Waals surface area (Å²) in [7, 11) is 1.68. The molecule has 0 fully saturated rings. The van der Waals surface area contributed by atoms with E-state index in [1.807, 2.05) is 35.0 Å². The third kappa shape index (κ3) is 5.43. The van der Waals surface area contributed by atoms with Gasteiger partial charge in [0.25, 0.3) is 0 Å². The van der Waals surface area contributed by atoms with E-state index in [9.17, 15) is 0 Å². The molecule has 0 amide bonds. The van der Waals surface area contributed by atoms with Gasteiger partial charge in [-0.3, -0.25) is 4.90 Å². The summed E-state index contributed by atoms with van der Waals surface area (Å²) in [5, 5.41) is 15.7. The molecule has 0 saturated carbocycles. The van der Waals surface area contributed by atoms with Crippen LogP contribution < -0.4 is 4.74 Å². The zero-order valence-electron chi connectivity index (χ0n) is 19.3. The predicted octanol–water partition coefficient (Wildman–Crippen LogP) is 5.94. The van der Waals surface area contributed by atoms with Crippen molar-refractivity contribution in [3.63, 3.8) is 0 Å². The topological polar surface area (TPSA) is 56.1 Å². The molecule has 0 spiro atoms. The molecule has 0 aliphatic carbocycles. The SMILES string of the molecule is COc1ccc(CN(Cc2ccccc2Cl)[C@H](c2cccs2)c2nnnn2C(C)(C)C)cc1. The average molecular weight is 482 g/mol. The van der Waals surface area contributed by atoms with E-state index in [-0.39, 0.29) is 11.6 Å². The van der Waals surface area contributed by atoms with Gasteiger partial charge in [-0.15, -0.1) is 16.4 Å². The first-order chi connectivity index (χ1) is 15.9. The average Bonchev–Trinajstić information content (AvgIpc) is 3.49. The van der Waals surface area contributed by atoms with Crippen LogP contribution in [0.3, 0.4) is 0 Å². The van der Waals surface area contributed by atoms with Crippen molar-refractivity contribution in [2.75, 3.05) is 7.11 Å². The quantitative estimate of drug-likeness (QED) is 0.311. The third-order valence-electron chi connectivity index (χ3n) is 5.43. The molecule has 2 aromatic carbocycles. The minimum atomic E-state index is -0.259. The highest BCUT2D eigenvalue weighted by molar-refractivity contribution is 7.10. The van der Waals surface area contributed by atoms with Gasteiger partial charge in [-0.2, -0.15) is 0 Å². The summed E-state index contributed by atoms with van der Waals surface area (Å²) in [6.07, 6.45) is 0. The fourth-order valence-electron chi connectivity index (χ4n) is 3.81. The summed E-state index contributed by atoms with van der Waals surface area (Å²) in [6.45, 7) is 7.67. The van der Waals surface area contributed by atoms with Gasteiger partial charge in [0.05, 0.1) is 12.6 Å². The second kappa shape index (κ2) is 10.0. The van der Waals surface area contributed by atoms with Crippen LogP contribution in [-0.4, -0.2) is 32.2 Å². The summed E-state index contributed by atoms with van der Waals surface area (Å²) in [4.78, 5) is 3.55. The lowest BCUT2D eigenvalue weighted by Gasteiger charge is -2.32. The van der Waals surface area contributed by atoms with Gasteiger partial charge >= 0.3 is 0 Å². The Bertz CT molecular complexity index is 1170. The Balaban J connectivity index is 1.80. The Labute approximate surface area is 203 Å². The van der Waals surface area contributed by atoms with Crippen LogP contribution in [-0.2, 0) is 18.6 Å². The lowest BCUT2D eigenvalue weighted by molar-refractivity contribution is 0.188. The van der Waals surface area contributed by atoms with Crippen LogP contribution in [0.2, 0.25) is 5.02 Å². The zero-order chi connectivity index (χ0) is 23.4. The maximum atomic E-state index is 6.58. The Morgan fingerprint density at radius 1 is 1.03 bits per heavy atom. The summed E-state index contributed by atoms with van der Waals surface area (Å²) in [5.41, 5.74) is 1.97. The van der Waals surface area contributed by atoms with Crippen LogP contribution in [0.15, 0.2) is 66.0 Å². The number of halogens is 1. The highest BCUT2D eigenvalue weighted by Crippen LogP contribution is 2.35. The van der Waals surface area contributed by atoms with Gasteiger partial charge in [0.1, 0.15) is 11.8 Å². The number of tetrazole rings is 1. The highest BCUT2D eigenvalue weighted by atomic mass is 35.5. The van der Waals surface area contributed by atoms with E-state index < -0.39 is 0 Å². The summed E-state index contributed by atoms with van der Waals surface area (Å²) >= 11 is 8.29. The first-order valence-electron chi connectivity index (χ1n) is 10.8. The molecule has 0 aliphatic heterocycles. The van der Waals surface area contributed by atoms with E-state index in [4.69, 9.17) is 16.3 Å². The van der Waals surface area contributed by atoms with Crippen LogP contribution in [0.5, 0.6) is 5.75 Å². The largest absolute Gasteiger partial charge is 0.497 e. The normalized spacial score (nSPS) is 12.8. The minimum absolute atomic E-state index is 0.141. The third-order valence-corrected chi connectivity index (χ3v) is 6.72. The molecule has 4 rings (SSSR count). The van der Waals surface area contributed by atoms with Crippen LogP contribution in [0.1, 0.15) is 48.6 Å². The molecule has 0 unspecified atom stereocenters. The number of benzene rings is 2. The second-order valence-electron chi connectivity index (χ2n) is 8.88. The number of thiophene rings is 1. The Morgan fingerprint density at radius 3 is 2.42 bits per heavy atom. The van der Waals surface area contributed by atoms with Crippen LogP contribution in [0.4, 0.5) is 0 Å². The number of rotatable bonds is 8. The standard InChI is InChI=1S/C25H28ClN5OS/c1-25(2,3)31-24(27-28-29-31)23(22-10-7-15-33-22)30(17-19-8-5-6-9-21(19)26)16-18-11-13-20(32-4)14-12-18/h5-15,23H,16-17H2,1-4H3/t23-/m1/s1. The lowest BCUT2D eigenvalue weighted by Crippen LogP contribution is -2.34. The molecule has 0 radical (unpaired) electrons. The van der Waals surface area contributed by atoms with E-state index >= 15 is 0 Å². The van der Waals surface area contributed by atoms with Crippen molar-refractivity contribution in [1.29, 1.82) is 0 Å². The number of hydrogen-bond acceptors (Lipinski definition) is 6. The molecule has 0 bridgehead atoms. The maximum Gasteiger partial charge on any atom is 0.174 e. The van der Waals surface area contributed by atoms with E-state index in [1.165, 1.54) is 10.4 Å². The molecule has 0 saturated heterocycles. The lowest BCUT2D eigenvalue weighted by atomic mass is 10.1. The van der Waals surface area contributed by atoms with Gasteiger partial charge in [0.2, 0.25) is 0 Å². The summed E-state index contributed by atoms with van der Waals surface area (Å²) in [5.74, 6) is 1.65. The van der Waals surface area contributed by atoms with Crippen LogP contribution in [0.25, 0.3) is 0 Å². The van der Waals surface area contributed by atoms with E-state index in [0.717, 1.165) is 22.2 Å². The minimum Gasteiger partial charge on any atom is -0.497 e. The van der Waals surface area contributed by atoms with Gasteiger partial charge in [-0.25, -0.2) is 4.68 Å². The number of nitrogens with zero attached hydrogens (tertiary/aromatic N) is 5. The molecule has 4 aromatic rings. The summed E-state index contributed by atoms with van der Waals surface area (Å²) < 4.78 is 7.27. The van der Waals surface area contributed by atoms with Crippen molar-refractivity contribution in [3.05, 3.63) is 92.9 Å². The fourth-order valence-corrected chi connectivity index (χ4v) is 4.86. The number of aromatic nitrogens is 4. The first-order valence-corrected chi connectivity index (χ1v) is 12.0. The second-order valence-corrected chi connectivity index (χ2v) is 10.3. The molecule has 2 heterocycles. The van der Waals surface area contributed by atoms with Gasteiger partial charge in [-0.05, 0) is 72.0 Å². The van der Waals surface area contributed by atoms with Gasteiger partial charge in [0, 0.05) is 23.0 Å². The molecule has 172 valence electrons. The van der Waals surface area contributed by atoms with Crippen LogP contribution in [0, 0.1) is 0 Å². The van der Waals surface area contributed by atoms with Gasteiger partial charge in [0.15, 0.2) is 5.82 Å². The Kier molecular flexibility index (Phi) is 7.12. The molecule has 33 heavy (non-hydrogen) atoms.